The standard InChI is InChI=1S/C14H17NO4/c1-9-8-12(13(16)17)15(10(9)2)19-14(18)11-6-4-3-5-7-11/h3-7,9-10,12H,8H2,1-2H3,(H,16,17)/t9-,10-,12?/m1/s1. The van der Waals surface area contributed by atoms with Crippen molar-refractivity contribution in [1.82, 2.24) is 5.06 Å². The number of rotatable bonds is 3. The van der Waals surface area contributed by atoms with Gasteiger partial charge in [0.1, 0.15) is 6.04 Å². The van der Waals surface area contributed by atoms with E-state index in [1.165, 1.54) is 5.06 Å². The molecule has 1 saturated heterocycles. The third kappa shape index (κ3) is 2.76. The Kier molecular flexibility index (Phi) is 3.85. The molecule has 5 nitrogen and oxygen atoms in total. The third-order valence-corrected chi connectivity index (χ3v) is 3.61. The summed E-state index contributed by atoms with van der Waals surface area (Å²) in [6.45, 7) is 3.82. The number of aliphatic carboxylic acids is 1. The summed E-state index contributed by atoms with van der Waals surface area (Å²) in [6.07, 6.45) is 0.485. The first-order chi connectivity index (χ1) is 9.00. The molecule has 0 aliphatic carbocycles. The maximum absolute atomic E-state index is 12.0. The van der Waals surface area contributed by atoms with E-state index in [1.54, 1.807) is 30.3 Å². The van der Waals surface area contributed by atoms with Crippen molar-refractivity contribution in [2.45, 2.75) is 32.4 Å². The Morgan fingerprint density at radius 3 is 2.47 bits per heavy atom. The second-order valence-electron chi connectivity index (χ2n) is 4.91. The molecule has 1 N–H and O–H groups in total. The summed E-state index contributed by atoms with van der Waals surface area (Å²) < 4.78 is 0. The van der Waals surface area contributed by atoms with Crippen molar-refractivity contribution in [3.05, 3.63) is 35.9 Å². The second kappa shape index (κ2) is 5.40. The van der Waals surface area contributed by atoms with Gasteiger partial charge >= 0.3 is 11.9 Å². The minimum absolute atomic E-state index is 0.103. The number of carboxylic acids is 1. The molecule has 5 heteroatoms. The molecule has 0 spiro atoms. The molecule has 1 unspecified atom stereocenters. The molecule has 1 aromatic carbocycles. The smallest absolute Gasteiger partial charge is 0.357 e. The van der Waals surface area contributed by atoms with Gasteiger partial charge in [0.15, 0.2) is 0 Å². The van der Waals surface area contributed by atoms with E-state index in [2.05, 4.69) is 0 Å². The average molecular weight is 263 g/mol. The fraction of sp³-hybridized carbons (Fsp3) is 0.429. The third-order valence-electron chi connectivity index (χ3n) is 3.61. The molecule has 0 aromatic heterocycles. The minimum atomic E-state index is -0.961. The molecule has 0 amide bonds. The van der Waals surface area contributed by atoms with Gasteiger partial charge in [-0.15, -0.1) is 5.06 Å². The molecular weight excluding hydrogens is 246 g/mol. The van der Waals surface area contributed by atoms with E-state index in [1.807, 2.05) is 13.8 Å². The molecule has 2 rings (SSSR count). The van der Waals surface area contributed by atoms with Crippen LogP contribution in [-0.4, -0.2) is 34.2 Å². The highest BCUT2D eigenvalue weighted by molar-refractivity contribution is 5.89. The van der Waals surface area contributed by atoms with Crippen LogP contribution in [0.3, 0.4) is 0 Å². The Morgan fingerprint density at radius 1 is 1.26 bits per heavy atom. The Morgan fingerprint density at radius 2 is 1.89 bits per heavy atom. The number of carboxylic acid groups (broad SMARTS) is 1. The van der Waals surface area contributed by atoms with E-state index in [4.69, 9.17) is 9.94 Å². The van der Waals surface area contributed by atoms with Gasteiger partial charge in [-0.05, 0) is 31.4 Å². The van der Waals surface area contributed by atoms with E-state index >= 15 is 0 Å². The zero-order valence-electron chi connectivity index (χ0n) is 10.9. The van der Waals surface area contributed by atoms with Crippen molar-refractivity contribution in [2.75, 3.05) is 0 Å². The topological polar surface area (TPSA) is 66.8 Å². The predicted octanol–water partition coefficient (Wildman–Crippen LogP) is 1.94. The van der Waals surface area contributed by atoms with Crippen LogP contribution in [0.5, 0.6) is 0 Å². The average Bonchev–Trinajstić information content (AvgIpc) is 2.68. The summed E-state index contributed by atoms with van der Waals surface area (Å²) in [6, 6.07) is 7.69. The van der Waals surface area contributed by atoms with Crippen molar-refractivity contribution in [3.63, 3.8) is 0 Å². The Balaban J connectivity index is 2.12. The molecule has 1 aromatic rings. The number of benzene rings is 1. The molecule has 19 heavy (non-hydrogen) atoms. The quantitative estimate of drug-likeness (QED) is 0.902. The van der Waals surface area contributed by atoms with Crippen LogP contribution in [0.4, 0.5) is 0 Å². The summed E-state index contributed by atoms with van der Waals surface area (Å²) in [5.41, 5.74) is 0.415. The van der Waals surface area contributed by atoms with Gasteiger partial charge in [-0.2, -0.15) is 0 Å². The number of nitrogens with zero attached hydrogens (tertiary/aromatic N) is 1. The summed E-state index contributed by atoms with van der Waals surface area (Å²) in [4.78, 5) is 28.4. The van der Waals surface area contributed by atoms with Gasteiger partial charge in [-0.1, -0.05) is 25.1 Å². The summed E-state index contributed by atoms with van der Waals surface area (Å²) in [7, 11) is 0. The first-order valence-electron chi connectivity index (χ1n) is 6.29. The molecular formula is C14H17NO4. The fourth-order valence-electron chi connectivity index (χ4n) is 2.27. The SMILES string of the molecule is C[C@@H]1CC(C(=O)O)N(OC(=O)c2ccccc2)[C@@H]1C. The number of carbonyl (C=O) groups excluding carboxylic acids is 1. The Hall–Kier alpha value is -1.88. The molecule has 0 saturated carbocycles. The van der Waals surface area contributed by atoms with Gasteiger partial charge in [0.05, 0.1) is 5.56 Å². The van der Waals surface area contributed by atoms with Crippen molar-refractivity contribution in [2.24, 2.45) is 5.92 Å². The number of hydroxylamine groups is 2. The monoisotopic (exact) mass is 263 g/mol. The van der Waals surface area contributed by atoms with Crippen LogP contribution in [0.25, 0.3) is 0 Å². The largest absolute Gasteiger partial charge is 0.480 e. The predicted molar refractivity (Wildman–Crippen MR) is 68.4 cm³/mol. The minimum Gasteiger partial charge on any atom is -0.480 e. The van der Waals surface area contributed by atoms with E-state index < -0.39 is 18.0 Å². The van der Waals surface area contributed by atoms with Crippen molar-refractivity contribution in [1.29, 1.82) is 0 Å². The fourth-order valence-corrected chi connectivity index (χ4v) is 2.27. The molecule has 1 heterocycles. The zero-order valence-corrected chi connectivity index (χ0v) is 10.9. The van der Waals surface area contributed by atoms with Gasteiger partial charge in [-0.3, -0.25) is 4.79 Å². The van der Waals surface area contributed by atoms with E-state index in [0.717, 1.165) is 0 Å². The number of carbonyl (C=O) groups is 2. The molecule has 102 valence electrons. The van der Waals surface area contributed by atoms with Crippen LogP contribution in [0, 0.1) is 5.92 Å². The molecule has 1 aliphatic heterocycles. The van der Waals surface area contributed by atoms with E-state index in [-0.39, 0.29) is 12.0 Å². The number of hydrogen-bond acceptors (Lipinski definition) is 4. The van der Waals surface area contributed by atoms with Gasteiger partial charge in [0.2, 0.25) is 0 Å². The molecule has 1 aliphatic rings. The summed E-state index contributed by atoms with van der Waals surface area (Å²) in [5.74, 6) is -1.31. The highest BCUT2D eigenvalue weighted by atomic mass is 16.7. The lowest BCUT2D eigenvalue weighted by Gasteiger charge is -2.24. The zero-order chi connectivity index (χ0) is 14.0. The van der Waals surface area contributed by atoms with Gasteiger partial charge in [0, 0.05) is 6.04 Å². The van der Waals surface area contributed by atoms with Crippen LogP contribution in [0.15, 0.2) is 30.3 Å². The van der Waals surface area contributed by atoms with E-state index in [9.17, 15) is 9.59 Å². The molecule has 3 atom stereocenters. The van der Waals surface area contributed by atoms with Crippen molar-refractivity contribution < 1.29 is 19.5 Å². The molecule has 1 fully saturated rings. The van der Waals surface area contributed by atoms with Crippen molar-refractivity contribution in [3.8, 4) is 0 Å². The maximum atomic E-state index is 12.0. The van der Waals surface area contributed by atoms with Crippen LogP contribution >= 0.6 is 0 Å². The lowest BCUT2D eigenvalue weighted by atomic mass is 10.0. The highest BCUT2D eigenvalue weighted by Gasteiger charge is 2.43. The maximum Gasteiger partial charge on any atom is 0.357 e. The second-order valence-corrected chi connectivity index (χ2v) is 4.91. The molecule has 0 bridgehead atoms. The molecule has 0 radical (unpaired) electrons. The number of hydrogen-bond donors (Lipinski definition) is 1. The van der Waals surface area contributed by atoms with Crippen molar-refractivity contribution >= 4 is 11.9 Å². The van der Waals surface area contributed by atoms with Crippen LogP contribution < -0.4 is 0 Å². The first kappa shape index (κ1) is 13.5. The Labute approximate surface area is 111 Å². The summed E-state index contributed by atoms with van der Waals surface area (Å²) in [5, 5.41) is 10.5. The lowest BCUT2D eigenvalue weighted by molar-refractivity contribution is -0.171. The Bertz CT molecular complexity index is 474. The summed E-state index contributed by atoms with van der Waals surface area (Å²) >= 11 is 0. The normalized spacial score (nSPS) is 27.2. The van der Waals surface area contributed by atoms with Gasteiger partial charge in [-0.25, -0.2) is 4.79 Å². The van der Waals surface area contributed by atoms with E-state index in [0.29, 0.717) is 12.0 Å². The van der Waals surface area contributed by atoms with Gasteiger partial charge in [0.25, 0.3) is 0 Å². The van der Waals surface area contributed by atoms with Gasteiger partial charge < -0.3 is 9.94 Å². The van der Waals surface area contributed by atoms with Crippen LogP contribution in [-0.2, 0) is 9.63 Å². The highest BCUT2D eigenvalue weighted by Crippen LogP contribution is 2.30. The lowest BCUT2D eigenvalue weighted by Crippen LogP contribution is -2.41. The van der Waals surface area contributed by atoms with Crippen LogP contribution in [0.2, 0.25) is 0 Å². The first-order valence-corrected chi connectivity index (χ1v) is 6.29. The van der Waals surface area contributed by atoms with Crippen LogP contribution in [0.1, 0.15) is 30.6 Å².